The van der Waals surface area contributed by atoms with Gasteiger partial charge in [-0.15, -0.1) is 0 Å². The lowest BCUT2D eigenvalue weighted by Gasteiger charge is -2.33. The minimum Gasteiger partial charge on any atom is -0.465 e. The van der Waals surface area contributed by atoms with Crippen LogP contribution in [0.5, 0.6) is 0 Å². The molecule has 1 aliphatic rings. The zero-order chi connectivity index (χ0) is 19.3. The Morgan fingerprint density at radius 1 is 1.35 bits per heavy atom. The Morgan fingerprint density at radius 2 is 2.08 bits per heavy atom. The highest BCUT2D eigenvalue weighted by molar-refractivity contribution is 6.34. The largest absolute Gasteiger partial charge is 0.465 e. The second-order valence-electron chi connectivity index (χ2n) is 5.94. The molecule has 1 amide bonds. The van der Waals surface area contributed by atoms with Crippen molar-refractivity contribution in [3.05, 3.63) is 28.8 Å². The van der Waals surface area contributed by atoms with Gasteiger partial charge >= 0.3 is 12.1 Å². The monoisotopic (exact) mass is 392 g/mol. The molecule has 0 radical (unpaired) electrons. The number of anilines is 1. The number of carbonyl (C=O) groups is 2. The Kier molecular flexibility index (Phi) is 6.88. The average Bonchev–Trinajstić information content (AvgIpc) is 2.56. The van der Waals surface area contributed by atoms with Crippen LogP contribution in [0.4, 0.5) is 18.9 Å². The summed E-state index contributed by atoms with van der Waals surface area (Å²) in [4.78, 5) is 26.0. The van der Waals surface area contributed by atoms with Gasteiger partial charge in [-0.05, 0) is 38.4 Å². The van der Waals surface area contributed by atoms with Crippen LogP contribution >= 0.6 is 11.6 Å². The molecule has 2 rings (SSSR count). The molecular formula is C17H20ClF3N2O3. The van der Waals surface area contributed by atoms with Crippen molar-refractivity contribution < 1.29 is 27.5 Å². The van der Waals surface area contributed by atoms with E-state index in [0.29, 0.717) is 13.0 Å². The highest BCUT2D eigenvalue weighted by Crippen LogP contribution is 2.38. The van der Waals surface area contributed by atoms with Crippen molar-refractivity contribution in [2.24, 2.45) is 0 Å². The average molecular weight is 393 g/mol. The molecule has 1 N–H and O–H groups in total. The van der Waals surface area contributed by atoms with Crippen LogP contribution in [0.1, 0.15) is 31.7 Å². The minimum absolute atomic E-state index is 0.200. The van der Waals surface area contributed by atoms with Crippen molar-refractivity contribution in [3.63, 3.8) is 0 Å². The number of likely N-dealkylation sites (tertiary alicyclic amines) is 1. The van der Waals surface area contributed by atoms with Crippen LogP contribution in [0.2, 0.25) is 5.02 Å². The van der Waals surface area contributed by atoms with E-state index in [1.807, 2.05) is 0 Å². The zero-order valence-electron chi connectivity index (χ0n) is 14.2. The molecule has 1 aliphatic heterocycles. The smallest absolute Gasteiger partial charge is 0.418 e. The third-order valence-electron chi connectivity index (χ3n) is 4.10. The van der Waals surface area contributed by atoms with E-state index < -0.39 is 35.3 Å². The molecule has 5 nitrogen and oxygen atoms in total. The summed E-state index contributed by atoms with van der Waals surface area (Å²) < 4.78 is 44.3. The second kappa shape index (κ2) is 8.73. The van der Waals surface area contributed by atoms with Crippen molar-refractivity contribution in [2.45, 2.75) is 38.4 Å². The molecule has 0 aliphatic carbocycles. The second-order valence-corrected chi connectivity index (χ2v) is 6.35. The van der Waals surface area contributed by atoms with E-state index in [9.17, 15) is 22.8 Å². The van der Waals surface area contributed by atoms with Crippen LogP contribution in [0, 0.1) is 0 Å². The Hall–Kier alpha value is -1.80. The molecule has 26 heavy (non-hydrogen) atoms. The predicted molar refractivity (Wildman–Crippen MR) is 90.9 cm³/mol. The highest BCUT2D eigenvalue weighted by atomic mass is 35.5. The Bertz CT molecular complexity index is 667. The maximum Gasteiger partial charge on any atom is 0.418 e. The first kappa shape index (κ1) is 20.5. The van der Waals surface area contributed by atoms with E-state index in [1.54, 1.807) is 11.8 Å². The normalized spacial score (nSPS) is 18.4. The van der Waals surface area contributed by atoms with Gasteiger partial charge in [-0.25, -0.2) is 0 Å². The van der Waals surface area contributed by atoms with Gasteiger partial charge in [0.15, 0.2) is 0 Å². The summed E-state index contributed by atoms with van der Waals surface area (Å²) in [6.07, 6.45) is -2.48. The number of esters is 1. The molecule has 1 saturated heterocycles. The van der Waals surface area contributed by atoms with Crippen molar-refractivity contribution in [3.8, 4) is 0 Å². The summed E-state index contributed by atoms with van der Waals surface area (Å²) >= 11 is 5.84. The lowest BCUT2D eigenvalue weighted by molar-refractivity contribution is -0.151. The lowest BCUT2D eigenvalue weighted by atomic mass is 10.0. The predicted octanol–water partition coefficient (Wildman–Crippen LogP) is 3.71. The van der Waals surface area contributed by atoms with Gasteiger partial charge in [0.25, 0.3) is 0 Å². The van der Waals surface area contributed by atoms with Gasteiger partial charge in [0.05, 0.1) is 29.4 Å². The molecular weight excluding hydrogens is 373 g/mol. The number of benzene rings is 1. The number of rotatable bonds is 5. The van der Waals surface area contributed by atoms with E-state index in [-0.39, 0.29) is 18.2 Å². The molecule has 1 aromatic carbocycles. The fourth-order valence-electron chi connectivity index (χ4n) is 2.94. The lowest BCUT2D eigenvalue weighted by Crippen LogP contribution is -2.48. The van der Waals surface area contributed by atoms with Crippen molar-refractivity contribution in [1.29, 1.82) is 0 Å². The Morgan fingerprint density at radius 3 is 2.73 bits per heavy atom. The molecule has 0 bridgehead atoms. The summed E-state index contributed by atoms with van der Waals surface area (Å²) in [5.41, 5.74) is -1.49. The molecule has 0 saturated carbocycles. The number of hydrogen-bond acceptors (Lipinski definition) is 4. The van der Waals surface area contributed by atoms with Gasteiger partial charge in [0, 0.05) is 0 Å². The maximum absolute atomic E-state index is 13.1. The quantitative estimate of drug-likeness (QED) is 0.776. The van der Waals surface area contributed by atoms with Crippen molar-refractivity contribution in [2.75, 3.05) is 25.0 Å². The van der Waals surface area contributed by atoms with E-state index in [0.717, 1.165) is 18.9 Å². The van der Waals surface area contributed by atoms with E-state index in [4.69, 9.17) is 16.3 Å². The van der Waals surface area contributed by atoms with Crippen LogP contribution in [-0.4, -0.2) is 42.5 Å². The van der Waals surface area contributed by atoms with Crippen LogP contribution in [0.3, 0.4) is 0 Å². The van der Waals surface area contributed by atoms with Crippen molar-refractivity contribution >= 4 is 29.2 Å². The third-order valence-corrected chi connectivity index (χ3v) is 4.42. The first-order valence-electron chi connectivity index (χ1n) is 8.30. The summed E-state index contributed by atoms with van der Waals surface area (Å²) in [6, 6.07) is 2.73. The van der Waals surface area contributed by atoms with Crippen LogP contribution in [-0.2, 0) is 20.5 Å². The number of piperidine rings is 1. The minimum atomic E-state index is -4.65. The number of halogens is 4. The molecule has 9 heteroatoms. The summed E-state index contributed by atoms with van der Waals surface area (Å²) in [5, 5.41) is 2.04. The first-order valence-corrected chi connectivity index (χ1v) is 8.68. The molecule has 1 atom stereocenters. The number of ether oxygens (including phenoxy) is 1. The first-order chi connectivity index (χ1) is 12.2. The van der Waals surface area contributed by atoms with Crippen LogP contribution in [0.25, 0.3) is 0 Å². The Balaban J connectivity index is 2.12. The molecule has 1 heterocycles. The van der Waals surface area contributed by atoms with Gasteiger partial charge < -0.3 is 10.1 Å². The van der Waals surface area contributed by atoms with E-state index >= 15 is 0 Å². The standard InChI is InChI=1S/C17H20ClF3N2O3/c1-2-26-16(25)13-8-3-4-9-23(13)10-14(24)22-15-11(17(19,20)21)6-5-7-12(15)18/h5-7,13H,2-4,8-10H2,1H3,(H,22,24)/t13-/m0/s1. The number of alkyl halides is 3. The topological polar surface area (TPSA) is 58.6 Å². The van der Waals surface area contributed by atoms with Crippen molar-refractivity contribution in [1.82, 2.24) is 4.90 Å². The Labute approximate surface area is 154 Å². The number of nitrogens with one attached hydrogen (secondary N) is 1. The van der Waals surface area contributed by atoms with E-state index in [2.05, 4.69) is 5.32 Å². The molecule has 144 valence electrons. The number of amides is 1. The molecule has 0 unspecified atom stereocenters. The van der Waals surface area contributed by atoms with Crippen LogP contribution in [0.15, 0.2) is 18.2 Å². The van der Waals surface area contributed by atoms with Gasteiger partial charge in [0.1, 0.15) is 6.04 Å². The summed E-state index contributed by atoms with van der Waals surface area (Å²) in [6.45, 7) is 2.19. The number of hydrogen-bond donors (Lipinski definition) is 1. The SMILES string of the molecule is CCOC(=O)[C@@H]1CCCCN1CC(=O)Nc1c(Cl)cccc1C(F)(F)F. The molecule has 0 aromatic heterocycles. The van der Waals surface area contributed by atoms with Crippen LogP contribution < -0.4 is 5.32 Å². The zero-order valence-corrected chi connectivity index (χ0v) is 15.0. The highest BCUT2D eigenvalue weighted by Gasteiger charge is 2.35. The fourth-order valence-corrected chi connectivity index (χ4v) is 3.16. The summed E-state index contributed by atoms with van der Waals surface area (Å²) in [7, 11) is 0. The summed E-state index contributed by atoms with van der Waals surface area (Å²) in [5.74, 6) is -1.09. The number of carbonyl (C=O) groups excluding carboxylic acids is 2. The fraction of sp³-hybridized carbons (Fsp3) is 0.529. The van der Waals surface area contributed by atoms with Gasteiger partial charge in [-0.3, -0.25) is 14.5 Å². The molecule has 1 aromatic rings. The van der Waals surface area contributed by atoms with Gasteiger partial charge in [0.2, 0.25) is 5.91 Å². The van der Waals surface area contributed by atoms with Gasteiger partial charge in [-0.2, -0.15) is 13.2 Å². The third kappa shape index (κ3) is 5.11. The molecule has 1 fully saturated rings. The number of nitrogens with zero attached hydrogens (tertiary/aromatic N) is 1. The number of para-hydroxylation sites is 1. The van der Waals surface area contributed by atoms with Gasteiger partial charge in [-0.1, -0.05) is 24.1 Å². The molecule has 0 spiro atoms. The van der Waals surface area contributed by atoms with E-state index in [1.165, 1.54) is 12.1 Å². The maximum atomic E-state index is 13.1.